The maximum absolute atomic E-state index is 12.3. The van der Waals surface area contributed by atoms with Gasteiger partial charge in [0, 0.05) is 12.2 Å². The second-order valence-corrected chi connectivity index (χ2v) is 6.34. The Bertz CT molecular complexity index is 697. The summed E-state index contributed by atoms with van der Waals surface area (Å²) in [6, 6.07) is 14.2. The second-order valence-electron chi connectivity index (χ2n) is 4.65. The number of hydrogen-bond acceptors (Lipinski definition) is 3. The molecule has 0 amide bonds. The van der Waals surface area contributed by atoms with Crippen molar-refractivity contribution in [1.82, 2.24) is 5.32 Å². The molecule has 106 valence electrons. The molecule has 2 rings (SSSR count). The van der Waals surface area contributed by atoms with Crippen molar-refractivity contribution >= 4 is 15.7 Å². The van der Waals surface area contributed by atoms with E-state index in [4.69, 9.17) is 0 Å². The second kappa shape index (κ2) is 6.07. The minimum absolute atomic E-state index is 0.275. The van der Waals surface area contributed by atoms with E-state index in [-0.39, 0.29) is 4.90 Å². The SMILES string of the molecule is CNCc1cccc(NS(=O)(=O)c2cccc(C)c2)c1. The minimum atomic E-state index is -3.54. The van der Waals surface area contributed by atoms with Gasteiger partial charge in [-0.05, 0) is 49.4 Å². The van der Waals surface area contributed by atoms with E-state index in [2.05, 4.69) is 10.0 Å². The molecular weight excluding hydrogens is 272 g/mol. The van der Waals surface area contributed by atoms with Crippen LogP contribution in [0.25, 0.3) is 0 Å². The van der Waals surface area contributed by atoms with Crippen LogP contribution in [0.4, 0.5) is 5.69 Å². The summed E-state index contributed by atoms with van der Waals surface area (Å²) in [7, 11) is -1.69. The predicted octanol–water partition coefficient (Wildman–Crippen LogP) is 2.52. The number of aryl methyl sites for hydroxylation is 1. The Kier molecular flexibility index (Phi) is 4.42. The van der Waals surface area contributed by atoms with Crippen LogP contribution in [0.15, 0.2) is 53.4 Å². The molecule has 5 heteroatoms. The van der Waals surface area contributed by atoms with Crippen molar-refractivity contribution in [3.8, 4) is 0 Å². The van der Waals surface area contributed by atoms with Crippen LogP contribution >= 0.6 is 0 Å². The van der Waals surface area contributed by atoms with Crippen molar-refractivity contribution in [2.24, 2.45) is 0 Å². The molecule has 2 aromatic carbocycles. The molecule has 0 saturated carbocycles. The molecule has 0 bridgehead atoms. The van der Waals surface area contributed by atoms with Crippen molar-refractivity contribution in [3.63, 3.8) is 0 Å². The van der Waals surface area contributed by atoms with Gasteiger partial charge in [-0.3, -0.25) is 4.72 Å². The number of benzene rings is 2. The van der Waals surface area contributed by atoms with Gasteiger partial charge in [-0.25, -0.2) is 8.42 Å². The van der Waals surface area contributed by atoms with Gasteiger partial charge in [0.25, 0.3) is 10.0 Å². The lowest BCUT2D eigenvalue weighted by Crippen LogP contribution is -2.13. The third-order valence-corrected chi connectivity index (χ3v) is 4.24. The molecule has 0 aliphatic heterocycles. The van der Waals surface area contributed by atoms with Crippen LogP contribution in [0.5, 0.6) is 0 Å². The van der Waals surface area contributed by atoms with Crippen LogP contribution < -0.4 is 10.0 Å². The van der Waals surface area contributed by atoms with Crippen LogP contribution in [0, 0.1) is 6.92 Å². The number of rotatable bonds is 5. The minimum Gasteiger partial charge on any atom is -0.316 e. The maximum atomic E-state index is 12.3. The lowest BCUT2D eigenvalue weighted by molar-refractivity contribution is 0.601. The fourth-order valence-electron chi connectivity index (χ4n) is 1.95. The number of nitrogens with one attached hydrogen (secondary N) is 2. The van der Waals surface area contributed by atoms with Gasteiger partial charge < -0.3 is 5.32 Å². The summed E-state index contributed by atoms with van der Waals surface area (Å²) in [6.07, 6.45) is 0. The van der Waals surface area contributed by atoms with Gasteiger partial charge in [0.1, 0.15) is 0 Å². The fourth-order valence-corrected chi connectivity index (χ4v) is 3.10. The molecule has 0 aliphatic rings. The summed E-state index contributed by atoms with van der Waals surface area (Å²) in [5.74, 6) is 0. The van der Waals surface area contributed by atoms with E-state index in [1.165, 1.54) is 0 Å². The van der Waals surface area contributed by atoms with Crippen molar-refractivity contribution < 1.29 is 8.42 Å². The molecule has 0 atom stereocenters. The zero-order valence-electron chi connectivity index (χ0n) is 11.6. The Balaban J connectivity index is 2.26. The van der Waals surface area contributed by atoms with E-state index >= 15 is 0 Å². The van der Waals surface area contributed by atoms with Gasteiger partial charge in [0.05, 0.1) is 4.90 Å². The first-order valence-corrected chi connectivity index (χ1v) is 7.82. The molecule has 0 unspecified atom stereocenters. The summed E-state index contributed by atoms with van der Waals surface area (Å²) in [6.45, 7) is 2.56. The standard InChI is InChI=1S/C15H18N2O2S/c1-12-5-3-8-15(9-12)20(18,19)17-14-7-4-6-13(10-14)11-16-2/h3-10,16-17H,11H2,1-2H3. The number of hydrogen-bond donors (Lipinski definition) is 2. The van der Waals surface area contributed by atoms with Gasteiger partial charge in [-0.15, -0.1) is 0 Å². The molecule has 0 saturated heterocycles. The van der Waals surface area contributed by atoms with Crippen molar-refractivity contribution in [2.75, 3.05) is 11.8 Å². The molecule has 0 radical (unpaired) electrons. The Morgan fingerprint density at radius 1 is 1.05 bits per heavy atom. The lowest BCUT2D eigenvalue weighted by Gasteiger charge is -2.10. The zero-order valence-corrected chi connectivity index (χ0v) is 12.4. The number of sulfonamides is 1. The van der Waals surface area contributed by atoms with E-state index in [0.29, 0.717) is 12.2 Å². The third-order valence-electron chi connectivity index (χ3n) is 2.86. The summed E-state index contributed by atoms with van der Waals surface area (Å²) < 4.78 is 27.2. The first-order chi connectivity index (χ1) is 9.51. The quantitative estimate of drug-likeness (QED) is 0.889. The Hall–Kier alpha value is -1.85. The zero-order chi connectivity index (χ0) is 14.6. The Labute approximate surface area is 119 Å². The van der Waals surface area contributed by atoms with E-state index in [9.17, 15) is 8.42 Å². The topological polar surface area (TPSA) is 58.2 Å². The molecule has 0 aliphatic carbocycles. The summed E-state index contributed by atoms with van der Waals surface area (Å²) in [5, 5.41) is 3.04. The molecule has 4 nitrogen and oxygen atoms in total. The lowest BCUT2D eigenvalue weighted by atomic mass is 10.2. The number of anilines is 1. The summed E-state index contributed by atoms with van der Waals surface area (Å²) >= 11 is 0. The highest BCUT2D eigenvalue weighted by atomic mass is 32.2. The van der Waals surface area contributed by atoms with Crippen LogP contribution in [0.1, 0.15) is 11.1 Å². The smallest absolute Gasteiger partial charge is 0.261 e. The molecule has 0 fully saturated rings. The first kappa shape index (κ1) is 14.6. The highest BCUT2D eigenvalue weighted by Crippen LogP contribution is 2.18. The maximum Gasteiger partial charge on any atom is 0.261 e. The largest absolute Gasteiger partial charge is 0.316 e. The van der Waals surface area contributed by atoms with Crippen LogP contribution in [0.3, 0.4) is 0 Å². The van der Waals surface area contributed by atoms with Crippen LogP contribution in [-0.2, 0) is 16.6 Å². The van der Waals surface area contributed by atoms with Gasteiger partial charge >= 0.3 is 0 Å². The normalized spacial score (nSPS) is 11.3. The van der Waals surface area contributed by atoms with Crippen LogP contribution in [0.2, 0.25) is 0 Å². The first-order valence-electron chi connectivity index (χ1n) is 6.34. The van der Waals surface area contributed by atoms with Gasteiger partial charge in [0.2, 0.25) is 0 Å². The summed E-state index contributed by atoms with van der Waals surface area (Å²) in [5.41, 5.74) is 2.51. The molecule has 20 heavy (non-hydrogen) atoms. The Morgan fingerprint density at radius 3 is 2.50 bits per heavy atom. The van der Waals surface area contributed by atoms with E-state index in [1.54, 1.807) is 24.3 Å². The van der Waals surface area contributed by atoms with Crippen molar-refractivity contribution in [3.05, 3.63) is 59.7 Å². The highest BCUT2D eigenvalue weighted by Gasteiger charge is 2.14. The average molecular weight is 290 g/mol. The highest BCUT2D eigenvalue weighted by molar-refractivity contribution is 7.92. The van der Waals surface area contributed by atoms with Gasteiger partial charge in [0.15, 0.2) is 0 Å². The van der Waals surface area contributed by atoms with Crippen LogP contribution in [-0.4, -0.2) is 15.5 Å². The average Bonchev–Trinajstić information content (AvgIpc) is 2.39. The molecule has 2 N–H and O–H groups in total. The molecule has 0 heterocycles. The molecular formula is C15H18N2O2S. The molecule has 0 spiro atoms. The monoisotopic (exact) mass is 290 g/mol. The van der Waals surface area contributed by atoms with E-state index in [1.807, 2.05) is 38.2 Å². The van der Waals surface area contributed by atoms with Gasteiger partial charge in [-0.1, -0.05) is 24.3 Å². The molecule has 0 aromatic heterocycles. The van der Waals surface area contributed by atoms with Crippen molar-refractivity contribution in [1.29, 1.82) is 0 Å². The van der Waals surface area contributed by atoms with E-state index in [0.717, 1.165) is 11.1 Å². The van der Waals surface area contributed by atoms with Crippen molar-refractivity contribution in [2.45, 2.75) is 18.4 Å². The summed E-state index contributed by atoms with van der Waals surface area (Å²) in [4.78, 5) is 0.275. The molecule has 2 aromatic rings. The fraction of sp³-hybridized carbons (Fsp3) is 0.200. The Morgan fingerprint density at radius 2 is 1.80 bits per heavy atom. The predicted molar refractivity (Wildman–Crippen MR) is 81.2 cm³/mol. The third kappa shape index (κ3) is 3.59. The van der Waals surface area contributed by atoms with Gasteiger partial charge in [-0.2, -0.15) is 0 Å². The van der Waals surface area contributed by atoms with E-state index < -0.39 is 10.0 Å².